The maximum absolute atomic E-state index is 12.5. The van der Waals surface area contributed by atoms with Gasteiger partial charge in [-0.1, -0.05) is 11.6 Å². The summed E-state index contributed by atoms with van der Waals surface area (Å²) in [5, 5.41) is 3.07. The first kappa shape index (κ1) is 19.0. The lowest BCUT2D eigenvalue weighted by Crippen LogP contribution is -2.20. The summed E-state index contributed by atoms with van der Waals surface area (Å²) in [6.07, 6.45) is 0. The maximum atomic E-state index is 12.5. The molecule has 2 aromatic rings. The standard InChI is InChI=1S/C16H17ClN2O5S/c1-18-25(21,22)15-8-10(4-6-14(15)24-3)16(20)19-12-9-11(17)5-7-13(12)23-2/h4-9,18H,1-3H3,(H,19,20). The smallest absolute Gasteiger partial charge is 0.255 e. The van der Waals surface area contributed by atoms with Crippen LogP contribution in [0.5, 0.6) is 11.5 Å². The van der Waals surface area contributed by atoms with Crippen molar-refractivity contribution < 1.29 is 22.7 Å². The summed E-state index contributed by atoms with van der Waals surface area (Å²) in [6.45, 7) is 0. The van der Waals surface area contributed by atoms with Gasteiger partial charge in [0.25, 0.3) is 5.91 Å². The van der Waals surface area contributed by atoms with E-state index in [1.807, 2.05) is 0 Å². The Morgan fingerprint density at radius 3 is 2.28 bits per heavy atom. The molecule has 134 valence electrons. The molecule has 2 aromatic carbocycles. The van der Waals surface area contributed by atoms with Gasteiger partial charge < -0.3 is 14.8 Å². The highest BCUT2D eigenvalue weighted by atomic mass is 35.5. The molecule has 0 aromatic heterocycles. The number of methoxy groups -OCH3 is 2. The lowest BCUT2D eigenvalue weighted by Gasteiger charge is -2.13. The molecule has 1 amide bonds. The highest BCUT2D eigenvalue weighted by molar-refractivity contribution is 7.89. The number of sulfonamides is 1. The quantitative estimate of drug-likeness (QED) is 0.798. The highest BCUT2D eigenvalue weighted by Gasteiger charge is 2.20. The van der Waals surface area contributed by atoms with Gasteiger partial charge in [0.05, 0.1) is 19.9 Å². The maximum Gasteiger partial charge on any atom is 0.255 e. The minimum absolute atomic E-state index is 0.131. The first-order chi connectivity index (χ1) is 11.8. The fourth-order valence-corrected chi connectivity index (χ4v) is 3.20. The molecule has 0 heterocycles. The Bertz CT molecular complexity index is 899. The third kappa shape index (κ3) is 4.22. The fourth-order valence-electron chi connectivity index (χ4n) is 2.11. The van der Waals surface area contributed by atoms with Crippen molar-refractivity contribution in [3.63, 3.8) is 0 Å². The Hall–Kier alpha value is -2.29. The molecule has 0 radical (unpaired) electrons. The number of ether oxygens (including phenoxy) is 2. The molecule has 9 heteroatoms. The molecule has 0 saturated heterocycles. The Balaban J connectivity index is 2.41. The van der Waals surface area contributed by atoms with Crippen molar-refractivity contribution in [2.75, 3.05) is 26.6 Å². The summed E-state index contributed by atoms with van der Waals surface area (Å²) in [6, 6.07) is 8.88. The van der Waals surface area contributed by atoms with E-state index in [-0.39, 0.29) is 16.2 Å². The zero-order valence-electron chi connectivity index (χ0n) is 13.8. The van der Waals surface area contributed by atoms with E-state index in [1.54, 1.807) is 12.1 Å². The van der Waals surface area contributed by atoms with Gasteiger partial charge in [0.2, 0.25) is 10.0 Å². The van der Waals surface area contributed by atoms with Crippen LogP contribution in [0.4, 0.5) is 5.69 Å². The lowest BCUT2D eigenvalue weighted by atomic mass is 10.2. The van der Waals surface area contributed by atoms with Gasteiger partial charge in [0.15, 0.2) is 0 Å². The van der Waals surface area contributed by atoms with Gasteiger partial charge in [-0.05, 0) is 43.4 Å². The first-order valence-electron chi connectivity index (χ1n) is 7.09. The summed E-state index contributed by atoms with van der Waals surface area (Å²) in [4.78, 5) is 12.4. The van der Waals surface area contributed by atoms with Gasteiger partial charge in [-0.25, -0.2) is 13.1 Å². The summed E-state index contributed by atoms with van der Waals surface area (Å²) in [5.41, 5.74) is 0.505. The van der Waals surface area contributed by atoms with Gasteiger partial charge in [0.1, 0.15) is 16.4 Å². The van der Waals surface area contributed by atoms with Gasteiger partial charge in [-0.3, -0.25) is 4.79 Å². The SMILES string of the molecule is CNS(=O)(=O)c1cc(C(=O)Nc2cc(Cl)ccc2OC)ccc1OC. The predicted molar refractivity (Wildman–Crippen MR) is 95.2 cm³/mol. The van der Waals surface area contributed by atoms with Crippen LogP contribution in [-0.4, -0.2) is 35.6 Å². The summed E-state index contributed by atoms with van der Waals surface area (Å²) < 4.78 is 36.6. The Morgan fingerprint density at radius 1 is 1.04 bits per heavy atom. The number of anilines is 1. The molecule has 2 N–H and O–H groups in total. The normalized spacial score (nSPS) is 11.0. The van der Waals surface area contributed by atoms with Gasteiger partial charge in [0, 0.05) is 10.6 Å². The van der Waals surface area contributed by atoms with Crippen LogP contribution in [0.2, 0.25) is 5.02 Å². The second-order valence-electron chi connectivity index (χ2n) is 4.87. The molecular formula is C16H17ClN2O5S. The molecule has 7 nitrogen and oxygen atoms in total. The van der Waals surface area contributed by atoms with Crippen LogP contribution < -0.4 is 19.5 Å². The third-order valence-corrected chi connectivity index (χ3v) is 5.06. The van der Waals surface area contributed by atoms with Crippen molar-refractivity contribution in [2.45, 2.75) is 4.90 Å². The van der Waals surface area contributed by atoms with E-state index in [9.17, 15) is 13.2 Å². The van der Waals surface area contributed by atoms with E-state index in [0.29, 0.717) is 16.5 Å². The third-order valence-electron chi connectivity index (χ3n) is 3.39. The number of carbonyl (C=O) groups excluding carboxylic acids is 1. The van der Waals surface area contributed by atoms with E-state index in [0.717, 1.165) is 0 Å². The zero-order valence-corrected chi connectivity index (χ0v) is 15.4. The molecule has 0 saturated carbocycles. The van der Waals surface area contributed by atoms with Crippen LogP contribution in [0, 0.1) is 0 Å². The van der Waals surface area contributed by atoms with E-state index >= 15 is 0 Å². The number of halogens is 1. The molecule has 0 bridgehead atoms. The largest absolute Gasteiger partial charge is 0.495 e. The van der Waals surface area contributed by atoms with Crippen molar-refractivity contribution in [1.82, 2.24) is 4.72 Å². The minimum Gasteiger partial charge on any atom is -0.495 e. The van der Waals surface area contributed by atoms with E-state index in [1.165, 1.54) is 45.5 Å². The van der Waals surface area contributed by atoms with Crippen molar-refractivity contribution in [2.24, 2.45) is 0 Å². The van der Waals surface area contributed by atoms with Crippen LogP contribution in [0.1, 0.15) is 10.4 Å². The second kappa shape index (κ2) is 7.73. The molecule has 25 heavy (non-hydrogen) atoms. The number of benzene rings is 2. The molecule has 0 fully saturated rings. The van der Waals surface area contributed by atoms with E-state index < -0.39 is 15.9 Å². The number of rotatable bonds is 6. The molecule has 0 aliphatic carbocycles. The number of nitrogens with one attached hydrogen (secondary N) is 2. The molecule has 0 unspecified atom stereocenters. The average Bonchev–Trinajstić information content (AvgIpc) is 2.61. The molecule has 0 atom stereocenters. The number of hydrogen-bond acceptors (Lipinski definition) is 5. The molecule has 0 aliphatic rings. The predicted octanol–water partition coefficient (Wildman–Crippen LogP) is 2.52. The average molecular weight is 385 g/mol. The first-order valence-corrected chi connectivity index (χ1v) is 8.95. The monoisotopic (exact) mass is 384 g/mol. The number of amides is 1. The van der Waals surface area contributed by atoms with Gasteiger partial charge >= 0.3 is 0 Å². The Labute approximate surface area is 151 Å². The summed E-state index contributed by atoms with van der Waals surface area (Å²) in [5.74, 6) is 0.0383. The molecule has 0 spiro atoms. The van der Waals surface area contributed by atoms with Crippen LogP contribution in [0.3, 0.4) is 0 Å². The van der Waals surface area contributed by atoms with Crippen molar-refractivity contribution in [3.8, 4) is 11.5 Å². The van der Waals surface area contributed by atoms with Crippen molar-refractivity contribution in [1.29, 1.82) is 0 Å². The van der Waals surface area contributed by atoms with Crippen LogP contribution in [0.15, 0.2) is 41.3 Å². The van der Waals surface area contributed by atoms with Crippen LogP contribution in [-0.2, 0) is 10.0 Å². The molecule has 2 rings (SSSR count). The Morgan fingerprint density at radius 2 is 1.68 bits per heavy atom. The van der Waals surface area contributed by atoms with E-state index in [4.69, 9.17) is 21.1 Å². The second-order valence-corrected chi connectivity index (χ2v) is 7.16. The molecule has 0 aliphatic heterocycles. The topological polar surface area (TPSA) is 93.7 Å². The molecular weight excluding hydrogens is 368 g/mol. The van der Waals surface area contributed by atoms with Crippen molar-refractivity contribution in [3.05, 3.63) is 47.0 Å². The lowest BCUT2D eigenvalue weighted by molar-refractivity contribution is 0.102. The summed E-state index contributed by atoms with van der Waals surface area (Å²) in [7, 11) is 0.296. The summed E-state index contributed by atoms with van der Waals surface area (Å²) >= 11 is 5.94. The zero-order chi connectivity index (χ0) is 18.6. The van der Waals surface area contributed by atoms with Gasteiger partial charge in [-0.2, -0.15) is 0 Å². The Kier molecular flexibility index (Phi) is 5.89. The number of carbonyl (C=O) groups is 1. The van der Waals surface area contributed by atoms with Crippen LogP contribution >= 0.6 is 11.6 Å². The number of hydrogen-bond donors (Lipinski definition) is 2. The van der Waals surface area contributed by atoms with Gasteiger partial charge in [-0.15, -0.1) is 0 Å². The van der Waals surface area contributed by atoms with Crippen molar-refractivity contribution >= 4 is 33.2 Å². The fraction of sp³-hybridized carbons (Fsp3) is 0.188. The minimum atomic E-state index is -3.79. The van der Waals surface area contributed by atoms with E-state index in [2.05, 4.69) is 10.0 Å². The highest BCUT2D eigenvalue weighted by Crippen LogP contribution is 2.29. The van der Waals surface area contributed by atoms with Crippen LogP contribution in [0.25, 0.3) is 0 Å².